The Morgan fingerprint density at radius 3 is 2.00 bits per heavy atom. The standard InChI is InChI=1S/C21H16Cl2N2O2S/c22-15-11-16(23)19(26)17(12-15)24-21(28)25-20(27)18(13-7-3-1-4-8-13)14-9-5-2-6-10-14/h1-12,18,26H,(H2,24,25,27,28). The van der Waals surface area contributed by atoms with Gasteiger partial charge in [-0.25, -0.2) is 0 Å². The molecule has 3 rings (SSSR count). The SMILES string of the molecule is O=C(NC(=S)Nc1cc(Cl)cc(Cl)c1O)C(c1ccccc1)c1ccccc1. The Bertz CT molecular complexity index is 959. The Balaban J connectivity index is 1.82. The van der Waals surface area contributed by atoms with Crippen molar-refractivity contribution in [1.29, 1.82) is 0 Å². The fourth-order valence-electron chi connectivity index (χ4n) is 2.79. The Morgan fingerprint density at radius 1 is 0.929 bits per heavy atom. The molecule has 142 valence electrons. The van der Waals surface area contributed by atoms with Gasteiger partial charge < -0.3 is 15.7 Å². The number of anilines is 1. The van der Waals surface area contributed by atoms with E-state index in [1.807, 2.05) is 60.7 Å². The lowest BCUT2D eigenvalue weighted by atomic mass is 9.90. The number of benzene rings is 3. The minimum absolute atomic E-state index is 0.0236. The molecular formula is C21H16Cl2N2O2S. The molecule has 0 aliphatic heterocycles. The van der Waals surface area contributed by atoms with E-state index in [1.165, 1.54) is 12.1 Å². The molecule has 0 unspecified atom stereocenters. The van der Waals surface area contributed by atoms with Gasteiger partial charge in [-0.05, 0) is 35.5 Å². The van der Waals surface area contributed by atoms with Crippen molar-refractivity contribution < 1.29 is 9.90 Å². The van der Waals surface area contributed by atoms with Crippen molar-refractivity contribution in [1.82, 2.24) is 5.32 Å². The number of rotatable bonds is 4. The molecule has 0 spiro atoms. The molecule has 0 bridgehead atoms. The van der Waals surface area contributed by atoms with Gasteiger partial charge in [0.25, 0.3) is 0 Å². The maximum absolute atomic E-state index is 13.0. The Labute approximate surface area is 178 Å². The fourth-order valence-corrected chi connectivity index (χ4v) is 3.49. The lowest BCUT2D eigenvalue weighted by Gasteiger charge is -2.19. The Kier molecular flexibility index (Phi) is 6.52. The lowest BCUT2D eigenvalue weighted by molar-refractivity contribution is -0.120. The van der Waals surface area contributed by atoms with Gasteiger partial charge in [0.1, 0.15) is 0 Å². The first-order valence-electron chi connectivity index (χ1n) is 8.35. The monoisotopic (exact) mass is 430 g/mol. The summed E-state index contributed by atoms with van der Waals surface area (Å²) in [6.45, 7) is 0. The molecular weight excluding hydrogens is 415 g/mol. The zero-order valence-corrected chi connectivity index (χ0v) is 16.9. The number of hydrogen-bond donors (Lipinski definition) is 3. The number of amides is 1. The van der Waals surface area contributed by atoms with Crippen molar-refractivity contribution >= 4 is 52.1 Å². The maximum Gasteiger partial charge on any atom is 0.238 e. The van der Waals surface area contributed by atoms with Gasteiger partial charge in [-0.3, -0.25) is 4.79 Å². The molecule has 0 radical (unpaired) electrons. The summed E-state index contributed by atoms with van der Waals surface area (Å²) < 4.78 is 0. The zero-order valence-electron chi connectivity index (χ0n) is 14.5. The van der Waals surface area contributed by atoms with E-state index in [4.69, 9.17) is 35.4 Å². The number of phenols is 1. The topological polar surface area (TPSA) is 61.4 Å². The summed E-state index contributed by atoms with van der Waals surface area (Å²) in [6.07, 6.45) is 0. The summed E-state index contributed by atoms with van der Waals surface area (Å²) in [7, 11) is 0. The molecule has 0 heterocycles. The van der Waals surface area contributed by atoms with Crippen LogP contribution in [0, 0.1) is 0 Å². The van der Waals surface area contributed by atoms with Crippen molar-refractivity contribution in [2.45, 2.75) is 5.92 Å². The second-order valence-electron chi connectivity index (χ2n) is 5.98. The van der Waals surface area contributed by atoms with Gasteiger partial charge in [0.2, 0.25) is 5.91 Å². The van der Waals surface area contributed by atoms with E-state index in [9.17, 15) is 9.90 Å². The van der Waals surface area contributed by atoms with Crippen LogP contribution in [0.1, 0.15) is 17.0 Å². The summed E-state index contributed by atoms with van der Waals surface area (Å²) >= 11 is 17.1. The molecule has 0 saturated carbocycles. The van der Waals surface area contributed by atoms with Crippen LogP contribution in [-0.4, -0.2) is 16.1 Å². The number of carbonyl (C=O) groups is 1. The summed E-state index contributed by atoms with van der Waals surface area (Å²) in [5.41, 5.74) is 1.88. The second-order valence-corrected chi connectivity index (χ2v) is 7.23. The third-order valence-electron chi connectivity index (χ3n) is 4.04. The zero-order chi connectivity index (χ0) is 20.1. The molecule has 0 aliphatic rings. The number of phenolic OH excluding ortho intramolecular Hbond substituents is 1. The van der Waals surface area contributed by atoms with E-state index in [0.717, 1.165) is 11.1 Å². The molecule has 0 atom stereocenters. The summed E-state index contributed by atoms with van der Waals surface area (Å²) in [5, 5.41) is 15.9. The molecule has 0 aliphatic carbocycles. The van der Waals surface area contributed by atoms with Crippen molar-refractivity contribution in [3.05, 3.63) is 94.0 Å². The average Bonchev–Trinajstić information content (AvgIpc) is 2.67. The van der Waals surface area contributed by atoms with Gasteiger partial charge in [0, 0.05) is 5.02 Å². The van der Waals surface area contributed by atoms with Crippen LogP contribution in [0.15, 0.2) is 72.8 Å². The van der Waals surface area contributed by atoms with Gasteiger partial charge in [-0.1, -0.05) is 83.9 Å². The average molecular weight is 431 g/mol. The van der Waals surface area contributed by atoms with E-state index >= 15 is 0 Å². The largest absolute Gasteiger partial charge is 0.504 e. The highest BCUT2D eigenvalue weighted by Gasteiger charge is 2.23. The van der Waals surface area contributed by atoms with Crippen LogP contribution >= 0.6 is 35.4 Å². The van der Waals surface area contributed by atoms with Gasteiger partial charge >= 0.3 is 0 Å². The van der Waals surface area contributed by atoms with Crippen molar-refractivity contribution in [3.8, 4) is 5.75 Å². The van der Waals surface area contributed by atoms with Gasteiger partial charge in [-0.2, -0.15) is 0 Å². The van der Waals surface area contributed by atoms with Crippen LogP contribution in [0.25, 0.3) is 0 Å². The summed E-state index contributed by atoms with van der Waals surface area (Å²) in [5.74, 6) is -1.05. The van der Waals surface area contributed by atoms with Crippen LogP contribution in [-0.2, 0) is 4.79 Å². The molecule has 0 saturated heterocycles. The van der Waals surface area contributed by atoms with Crippen LogP contribution in [0.3, 0.4) is 0 Å². The molecule has 28 heavy (non-hydrogen) atoms. The normalized spacial score (nSPS) is 10.5. The molecule has 4 nitrogen and oxygen atoms in total. The quantitative estimate of drug-likeness (QED) is 0.385. The van der Waals surface area contributed by atoms with Gasteiger partial charge in [0.15, 0.2) is 10.9 Å². The highest BCUT2D eigenvalue weighted by atomic mass is 35.5. The number of carbonyl (C=O) groups excluding carboxylic acids is 1. The Hall–Kier alpha value is -2.60. The summed E-state index contributed by atoms with van der Waals surface area (Å²) in [6, 6.07) is 21.7. The number of nitrogens with one attached hydrogen (secondary N) is 2. The third-order valence-corrected chi connectivity index (χ3v) is 4.75. The molecule has 0 fully saturated rings. The second kappa shape index (κ2) is 9.06. The highest BCUT2D eigenvalue weighted by Crippen LogP contribution is 2.35. The molecule has 3 N–H and O–H groups in total. The molecule has 7 heteroatoms. The van der Waals surface area contributed by atoms with Crippen LogP contribution < -0.4 is 10.6 Å². The summed E-state index contributed by atoms with van der Waals surface area (Å²) in [4.78, 5) is 13.0. The third kappa shape index (κ3) is 4.81. The Morgan fingerprint density at radius 2 is 1.46 bits per heavy atom. The van der Waals surface area contributed by atoms with Crippen molar-refractivity contribution in [2.24, 2.45) is 0 Å². The number of hydrogen-bond acceptors (Lipinski definition) is 3. The minimum atomic E-state index is -0.543. The van der Waals surface area contributed by atoms with Crippen LogP contribution in [0.2, 0.25) is 10.0 Å². The lowest BCUT2D eigenvalue weighted by Crippen LogP contribution is -2.37. The van der Waals surface area contributed by atoms with E-state index in [2.05, 4.69) is 10.6 Å². The fraction of sp³-hybridized carbons (Fsp3) is 0.0476. The van der Waals surface area contributed by atoms with E-state index < -0.39 is 5.92 Å². The highest BCUT2D eigenvalue weighted by molar-refractivity contribution is 7.80. The molecule has 0 aromatic heterocycles. The number of aromatic hydroxyl groups is 1. The number of halogens is 2. The smallest absolute Gasteiger partial charge is 0.238 e. The first-order chi connectivity index (χ1) is 13.5. The molecule has 3 aromatic rings. The predicted octanol–water partition coefficient (Wildman–Crippen LogP) is 5.34. The first kappa shape index (κ1) is 20.1. The first-order valence-corrected chi connectivity index (χ1v) is 9.52. The van der Waals surface area contributed by atoms with Gasteiger partial charge in [-0.15, -0.1) is 0 Å². The predicted molar refractivity (Wildman–Crippen MR) is 117 cm³/mol. The maximum atomic E-state index is 13.0. The van der Waals surface area contributed by atoms with Crippen molar-refractivity contribution in [3.63, 3.8) is 0 Å². The number of thiocarbonyl (C=S) groups is 1. The van der Waals surface area contributed by atoms with Crippen LogP contribution in [0.4, 0.5) is 5.69 Å². The van der Waals surface area contributed by atoms with E-state index in [-0.39, 0.29) is 27.5 Å². The minimum Gasteiger partial charge on any atom is -0.504 e. The van der Waals surface area contributed by atoms with E-state index in [1.54, 1.807) is 0 Å². The molecule has 3 aromatic carbocycles. The molecule has 1 amide bonds. The van der Waals surface area contributed by atoms with Crippen LogP contribution in [0.5, 0.6) is 5.75 Å². The van der Waals surface area contributed by atoms with Crippen molar-refractivity contribution in [2.75, 3.05) is 5.32 Å². The van der Waals surface area contributed by atoms with Gasteiger partial charge in [0.05, 0.1) is 16.6 Å². The van der Waals surface area contributed by atoms with E-state index in [0.29, 0.717) is 5.02 Å².